The molecule has 0 radical (unpaired) electrons. The van der Waals surface area contributed by atoms with Gasteiger partial charge in [0.2, 0.25) is 0 Å². The molecule has 0 unspecified atom stereocenters. The topological polar surface area (TPSA) is 29.1 Å². The van der Waals surface area contributed by atoms with Gasteiger partial charge in [0, 0.05) is 11.0 Å². The van der Waals surface area contributed by atoms with Crippen LogP contribution in [0.1, 0.15) is 23.2 Å². The molecule has 1 aromatic carbocycles. The van der Waals surface area contributed by atoms with E-state index in [0.29, 0.717) is 22.5 Å². The van der Waals surface area contributed by atoms with Crippen LogP contribution >= 0.6 is 27.7 Å². The summed E-state index contributed by atoms with van der Waals surface area (Å²) in [6.07, 6.45) is 2.32. The minimum absolute atomic E-state index is 0.139. The molecular formula is C13H15BrFNOS. The monoisotopic (exact) mass is 331 g/mol. The lowest BCUT2D eigenvalue weighted by Gasteiger charge is -2.21. The van der Waals surface area contributed by atoms with Gasteiger partial charge < -0.3 is 5.32 Å². The Kier molecular flexibility index (Phi) is 5.06. The summed E-state index contributed by atoms with van der Waals surface area (Å²) in [5, 5.41) is 2.93. The third-order valence-corrected chi connectivity index (χ3v) is 4.77. The van der Waals surface area contributed by atoms with E-state index in [9.17, 15) is 9.18 Å². The van der Waals surface area contributed by atoms with E-state index in [1.54, 1.807) is 0 Å². The van der Waals surface area contributed by atoms with Gasteiger partial charge in [-0.05, 0) is 64.4 Å². The zero-order valence-corrected chi connectivity index (χ0v) is 12.3. The van der Waals surface area contributed by atoms with Gasteiger partial charge in [0.25, 0.3) is 5.91 Å². The lowest BCUT2D eigenvalue weighted by molar-refractivity contribution is 0.0945. The first-order valence-corrected chi connectivity index (χ1v) is 7.92. The molecule has 2 nitrogen and oxygen atoms in total. The Balaban J connectivity index is 1.90. The molecule has 1 fully saturated rings. The number of amides is 1. The summed E-state index contributed by atoms with van der Waals surface area (Å²) >= 11 is 5.18. The van der Waals surface area contributed by atoms with E-state index in [1.165, 1.54) is 29.7 Å². The van der Waals surface area contributed by atoms with Crippen LogP contribution in [-0.4, -0.2) is 24.0 Å². The number of benzene rings is 1. The van der Waals surface area contributed by atoms with Crippen molar-refractivity contribution >= 4 is 33.6 Å². The Morgan fingerprint density at radius 2 is 2.17 bits per heavy atom. The molecule has 1 amide bonds. The first-order chi connectivity index (χ1) is 8.66. The predicted molar refractivity (Wildman–Crippen MR) is 76.5 cm³/mol. The normalized spacial score (nSPS) is 16.6. The minimum atomic E-state index is -0.345. The van der Waals surface area contributed by atoms with Crippen LogP contribution in [0.25, 0.3) is 0 Å². The average molecular weight is 332 g/mol. The number of carbonyl (C=O) groups excluding carboxylic acids is 1. The summed E-state index contributed by atoms with van der Waals surface area (Å²) in [7, 11) is 0. The fourth-order valence-corrected chi connectivity index (χ4v) is 3.69. The molecule has 1 saturated heterocycles. The van der Waals surface area contributed by atoms with Crippen LogP contribution in [0.2, 0.25) is 0 Å². The molecule has 0 spiro atoms. The number of halogens is 2. The summed E-state index contributed by atoms with van der Waals surface area (Å²) in [6, 6.07) is 4.12. The molecule has 98 valence electrons. The Hall–Kier alpha value is -0.550. The Labute approximate surface area is 119 Å². The molecular weight excluding hydrogens is 317 g/mol. The standard InChI is InChI=1S/C13H15BrFNOS/c14-12-7-10(15)1-2-11(12)13(17)16-8-9-3-5-18-6-4-9/h1-2,7,9H,3-6,8H2,(H,16,17). The number of hydrogen-bond donors (Lipinski definition) is 1. The van der Waals surface area contributed by atoms with Crippen LogP contribution in [0.4, 0.5) is 4.39 Å². The van der Waals surface area contributed by atoms with Crippen LogP contribution in [0.3, 0.4) is 0 Å². The second-order valence-electron chi connectivity index (χ2n) is 4.39. The van der Waals surface area contributed by atoms with Gasteiger partial charge in [0.05, 0.1) is 5.56 Å². The van der Waals surface area contributed by atoms with Gasteiger partial charge in [-0.3, -0.25) is 4.79 Å². The van der Waals surface area contributed by atoms with Crippen molar-refractivity contribution in [1.29, 1.82) is 0 Å². The summed E-state index contributed by atoms with van der Waals surface area (Å²) < 4.78 is 13.4. The molecule has 1 aromatic rings. The van der Waals surface area contributed by atoms with Crippen molar-refractivity contribution in [2.24, 2.45) is 5.92 Å². The number of rotatable bonds is 3. The van der Waals surface area contributed by atoms with Crippen molar-refractivity contribution in [3.8, 4) is 0 Å². The van der Waals surface area contributed by atoms with Gasteiger partial charge in [0.15, 0.2) is 0 Å². The van der Waals surface area contributed by atoms with E-state index in [4.69, 9.17) is 0 Å². The smallest absolute Gasteiger partial charge is 0.252 e. The van der Waals surface area contributed by atoms with Crippen molar-refractivity contribution in [2.45, 2.75) is 12.8 Å². The molecule has 0 saturated carbocycles. The maximum absolute atomic E-state index is 12.9. The molecule has 0 bridgehead atoms. The van der Waals surface area contributed by atoms with Crippen molar-refractivity contribution in [3.05, 3.63) is 34.1 Å². The lowest BCUT2D eigenvalue weighted by Crippen LogP contribution is -2.31. The number of hydrogen-bond acceptors (Lipinski definition) is 2. The maximum Gasteiger partial charge on any atom is 0.252 e. The van der Waals surface area contributed by atoms with Gasteiger partial charge in [-0.15, -0.1) is 0 Å². The summed E-state index contributed by atoms with van der Waals surface area (Å²) in [5.74, 6) is 2.46. The van der Waals surface area contributed by atoms with Gasteiger partial charge in [-0.25, -0.2) is 4.39 Å². The summed E-state index contributed by atoms with van der Waals surface area (Å²) in [4.78, 5) is 12.0. The zero-order valence-electron chi connectivity index (χ0n) is 9.92. The largest absolute Gasteiger partial charge is 0.352 e. The van der Waals surface area contributed by atoms with E-state index in [-0.39, 0.29) is 11.7 Å². The minimum Gasteiger partial charge on any atom is -0.352 e. The van der Waals surface area contributed by atoms with Crippen LogP contribution in [0, 0.1) is 11.7 Å². The molecule has 5 heteroatoms. The quantitative estimate of drug-likeness (QED) is 0.918. The Morgan fingerprint density at radius 1 is 1.44 bits per heavy atom. The third-order valence-electron chi connectivity index (χ3n) is 3.07. The summed E-state index contributed by atoms with van der Waals surface area (Å²) in [6.45, 7) is 0.712. The predicted octanol–water partition coefficient (Wildman–Crippen LogP) is 3.46. The Bertz CT molecular complexity index is 435. The first kappa shape index (κ1) is 13.9. The van der Waals surface area contributed by atoms with Crippen LogP contribution < -0.4 is 5.32 Å². The second-order valence-corrected chi connectivity index (χ2v) is 6.47. The molecule has 1 N–H and O–H groups in total. The SMILES string of the molecule is O=C(NCC1CCSCC1)c1ccc(F)cc1Br. The highest BCUT2D eigenvalue weighted by atomic mass is 79.9. The van der Waals surface area contributed by atoms with E-state index >= 15 is 0 Å². The van der Waals surface area contributed by atoms with Crippen LogP contribution in [0.5, 0.6) is 0 Å². The van der Waals surface area contributed by atoms with Crippen molar-refractivity contribution in [3.63, 3.8) is 0 Å². The van der Waals surface area contributed by atoms with Crippen LogP contribution in [0.15, 0.2) is 22.7 Å². The fraction of sp³-hybridized carbons (Fsp3) is 0.462. The van der Waals surface area contributed by atoms with E-state index < -0.39 is 0 Å². The molecule has 0 atom stereocenters. The van der Waals surface area contributed by atoms with Gasteiger partial charge in [-0.2, -0.15) is 11.8 Å². The van der Waals surface area contributed by atoms with Crippen molar-refractivity contribution < 1.29 is 9.18 Å². The number of thioether (sulfide) groups is 1. The molecule has 1 aliphatic heterocycles. The maximum atomic E-state index is 12.9. The van der Waals surface area contributed by atoms with Gasteiger partial charge in [0.1, 0.15) is 5.82 Å². The molecule has 1 heterocycles. The highest BCUT2D eigenvalue weighted by Gasteiger charge is 2.16. The average Bonchev–Trinajstić information content (AvgIpc) is 2.37. The van der Waals surface area contributed by atoms with E-state index in [1.807, 2.05) is 11.8 Å². The molecule has 18 heavy (non-hydrogen) atoms. The molecule has 0 aromatic heterocycles. The Morgan fingerprint density at radius 3 is 2.83 bits per heavy atom. The summed E-state index contributed by atoms with van der Waals surface area (Å²) in [5.41, 5.74) is 0.488. The van der Waals surface area contributed by atoms with Crippen molar-refractivity contribution in [1.82, 2.24) is 5.32 Å². The highest BCUT2D eigenvalue weighted by molar-refractivity contribution is 9.10. The second kappa shape index (κ2) is 6.57. The molecule has 0 aliphatic carbocycles. The zero-order chi connectivity index (χ0) is 13.0. The third kappa shape index (κ3) is 3.72. The number of carbonyl (C=O) groups is 1. The fourth-order valence-electron chi connectivity index (χ4n) is 1.96. The molecule has 1 aliphatic rings. The molecule has 2 rings (SSSR count). The lowest BCUT2D eigenvalue weighted by atomic mass is 10.0. The van der Waals surface area contributed by atoms with Gasteiger partial charge in [-0.1, -0.05) is 0 Å². The van der Waals surface area contributed by atoms with Crippen LogP contribution in [-0.2, 0) is 0 Å². The highest BCUT2D eigenvalue weighted by Crippen LogP contribution is 2.22. The van der Waals surface area contributed by atoms with E-state index in [0.717, 1.165) is 12.8 Å². The van der Waals surface area contributed by atoms with Crippen molar-refractivity contribution in [2.75, 3.05) is 18.1 Å². The first-order valence-electron chi connectivity index (χ1n) is 5.98. The van der Waals surface area contributed by atoms with Gasteiger partial charge >= 0.3 is 0 Å². The number of nitrogens with one attached hydrogen (secondary N) is 1. The van der Waals surface area contributed by atoms with E-state index in [2.05, 4.69) is 21.2 Å².